The van der Waals surface area contributed by atoms with E-state index in [0.29, 0.717) is 12.1 Å². The smallest absolute Gasteiger partial charge is 0.248 e. The molecule has 4 N–H and O–H groups in total. The maximum atomic E-state index is 11.3. The van der Waals surface area contributed by atoms with Gasteiger partial charge in [0.25, 0.3) is 0 Å². The average molecular weight is 391 g/mol. The molecule has 0 atom stereocenters. The fourth-order valence-corrected chi connectivity index (χ4v) is 3.10. The van der Waals surface area contributed by atoms with Crippen LogP contribution in [0, 0.1) is 0 Å². The molecule has 0 aliphatic rings. The Morgan fingerprint density at radius 3 is 2.65 bits per heavy atom. The number of nitrogens with two attached hydrogens (primary N) is 1. The molecule has 5 nitrogen and oxygen atoms in total. The number of rotatable bonds is 8. The molecule has 2 aromatic rings. The van der Waals surface area contributed by atoms with Crippen molar-refractivity contribution in [3.63, 3.8) is 0 Å². The van der Waals surface area contributed by atoms with E-state index in [9.17, 15) is 4.79 Å². The summed E-state index contributed by atoms with van der Waals surface area (Å²) in [5.74, 6) is 1.22. The summed E-state index contributed by atoms with van der Waals surface area (Å²) in [6.45, 7) is 4.05. The van der Waals surface area contributed by atoms with Crippen molar-refractivity contribution in [3.8, 4) is 0 Å². The quantitative estimate of drug-likeness (QED) is 0.279. The highest BCUT2D eigenvalue weighted by molar-refractivity contribution is 7.99. The molecule has 138 valence electrons. The lowest BCUT2D eigenvalue weighted by molar-refractivity contribution is 0.1000. The second-order valence-electron chi connectivity index (χ2n) is 5.49. The molecule has 0 spiro atoms. The second kappa shape index (κ2) is 10.7. The van der Waals surface area contributed by atoms with Gasteiger partial charge >= 0.3 is 0 Å². The van der Waals surface area contributed by atoms with Crippen LogP contribution >= 0.6 is 23.4 Å². The predicted molar refractivity (Wildman–Crippen MR) is 110 cm³/mol. The lowest BCUT2D eigenvalue weighted by Gasteiger charge is -2.11. The molecular weight excluding hydrogens is 368 g/mol. The topological polar surface area (TPSA) is 79.5 Å². The SMILES string of the molecule is CCNC(=NCc1cccc(C(N)=O)c1)NCCSc1ccc(Cl)cc1. The third kappa shape index (κ3) is 6.98. The van der Waals surface area contributed by atoms with Crippen molar-refractivity contribution in [3.05, 3.63) is 64.7 Å². The van der Waals surface area contributed by atoms with Gasteiger partial charge in [-0.25, -0.2) is 4.99 Å². The Hall–Kier alpha value is -2.18. The third-order valence-corrected chi connectivity index (χ3v) is 4.72. The van der Waals surface area contributed by atoms with Crippen molar-refractivity contribution in [1.82, 2.24) is 10.6 Å². The molecule has 0 heterocycles. The van der Waals surface area contributed by atoms with E-state index in [0.717, 1.165) is 35.4 Å². The number of hydrogen-bond donors (Lipinski definition) is 3. The minimum Gasteiger partial charge on any atom is -0.366 e. The first kappa shape index (κ1) is 20.1. The fourth-order valence-electron chi connectivity index (χ4n) is 2.20. The molecule has 0 unspecified atom stereocenters. The zero-order valence-corrected chi connectivity index (χ0v) is 16.2. The van der Waals surface area contributed by atoms with Crippen LogP contribution in [0.3, 0.4) is 0 Å². The minimum atomic E-state index is -0.430. The Morgan fingerprint density at radius 1 is 1.19 bits per heavy atom. The van der Waals surface area contributed by atoms with Crippen molar-refractivity contribution < 1.29 is 4.79 Å². The second-order valence-corrected chi connectivity index (χ2v) is 7.09. The van der Waals surface area contributed by atoms with Gasteiger partial charge in [0.15, 0.2) is 5.96 Å². The molecule has 7 heteroatoms. The number of aliphatic imine (C=N–C) groups is 1. The average Bonchev–Trinajstić information content (AvgIpc) is 2.64. The number of benzene rings is 2. The lowest BCUT2D eigenvalue weighted by atomic mass is 10.1. The Kier molecular flexibility index (Phi) is 8.31. The van der Waals surface area contributed by atoms with E-state index in [1.54, 1.807) is 23.9 Å². The van der Waals surface area contributed by atoms with Crippen LogP contribution in [-0.2, 0) is 6.54 Å². The Labute approximate surface area is 163 Å². The molecule has 1 amide bonds. The summed E-state index contributed by atoms with van der Waals surface area (Å²) in [6.07, 6.45) is 0. The maximum absolute atomic E-state index is 11.3. The van der Waals surface area contributed by atoms with Crippen molar-refractivity contribution in [2.75, 3.05) is 18.8 Å². The monoisotopic (exact) mass is 390 g/mol. The van der Waals surface area contributed by atoms with Crippen LogP contribution in [0.1, 0.15) is 22.8 Å². The summed E-state index contributed by atoms with van der Waals surface area (Å²) in [7, 11) is 0. The molecule has 0 radical (unpaired) electrons. The summed E-state index contributed by atoms with van der Waals surface area (Å²) >= 11 is 7.64. The summed E-state index contributed by atoms with van der Waals surface area (Å²) in [6, 6.07) is 15.0. The van der Waals surface area contributed by atoms with Gasteiger partial charge in [-0.05, 0) is 48.9 Å². The van der Waals surface area contributed by atoms with Gasteiger partial charge in [0.1, 0.15) is 0 Å². The molecule has 2 aromatic carbocycles. The highest BCUT2D eigenvalue weighted by atomic mass is 35.5. The number of nitrogens with one attached hydrogen (secondary N) is 2. The zero-order valence-electron chi connectivity index (χ0n) is 14.7. The summed E-state index contributed by atoms with van der Waals surface area (Å²) in [5, 5.41) is 7.27. The predicted octanol–water partition coefficient (Wildman–Crippen LogP) is 3.29. The summed E-state index contributed by atoms with van der Waals surface area (Å²) in [5.41, 5.74) is 6.75. The van der Waals surface area contributed by atoms with E-state index in [2.05, 4.69) is 15.6 Å². The third-order valence-electron chi connectivity index (χ3n) is 3.45. The van der Waals surface area contributed by atoms with E-state index < -0.39 is 5.91 Å². The van der Waals surface area contributed by atoms with E-state index >= 15 is 0 Å². The number of carbonyl (C=O) groups is 1. The number of halogens is 1. The number of guanidine groups is 1. The number of nitrogens with zero attached hydrogens (tertiary/aromatic N) is 1. The van der Waals surface area contributed by atoms with Gasteiger partial charge in [0.05, 0.1) is 6.54 Å². The van der Waals surface area contributed by atoms with Gasteiger partial charge in [-0.15, -0.1) is 11.8 Å². The van der Waals surface area contributed by atoms with Crippen LogP contribution in [0.15, 0.2) is 58.4 Å². The highest BCUT2D eigenvalue weighted by Crippen LogP contribution is 2.19. The van der Waals surface area contributed by atoms with Crippen LogP contribution in [0.5, 0.6) is 0 Å². The first-order chi connectivity index (χ1) is 12.6. The van der Waals surface area contributed by atoms with Gasteiger partial charge in [-0.2, -0.15) is 0 Å². The van der Waals surface area contributed by atoms with E-state index in [1.165, 1.54) is 4.90 Å². The van der Waals surface area contributed by atoms with Gasteiger partial charge in [-0.3, -0.25) is 4.79 Å². The Morgan fingerprint density at radius 2 is 1.96 bits per heavy atom. The maximum Gasteiger partial charge on any atom is 0.248 e. The normalized spacial score (nSPS) is 11.2. The van der Waals surface area contributed by atoms with Gasteiger partial charge in [0.2, 0.25) is 5.91 Å². The fraction of sp³-hybridized carbons (Fsp3) is 0.263. The van der Waals surface area contributed by atoms with E-state index in [1.807, 2.05) is 43.3 Å². The number of hydrogen-bond acceptors (Lipinski definition) is 3. The number of primary amides is 1. The molecule has 2 rings (SSSR count). The first-order valence-corrected chi connectivity index (χ1v) is 9.74. The summed E-state index contributed by atoms with van der Waals surface area (Å²) < 4.78 is 0. The van der Waals surface area contributed by atoms with Crippen LogP contribution in [0.4, 0.5) is 0 Å². The van der Waals surface area contributed by atoms with Crippen LogP contribution in [0.2, 0.25) is 5.02 Å². The minimum absolute atomic E-state index is 0.430. The zero-order chi connectivity index (χ0) is 18.8. The van der Waals surface area contributed by atoms with Gasteiger partial charge < -0.3 is 16.4 Å². The molecule has 0 bridgehead atoms. The molecule has 0 saturated heterocycles. The van der Waals surface area contributed by atoms with Crippen LogP contribution in [-0.4, -0.2) is 30.7 Å². The molecule has 0 saturated carbocycles. The molecule has 0 aromatic heterocycles. The van der Waals surface area contributed by atoms with Crippen molar-refractivity contribution in [1.29, 1.82) is 0 Å². The lowest BCUT2D eigenvalue weighted by Crippen LogP contribution is -2.38. The van der Waals surface area contributed by atoms with Crippen LogP contribution in [0.25, 0.3) is 0 Å². The van der Waals surface area contributed by atoms with Crippen molar-refractivity contribution in [2.45, 2.75) is 18.4 Å². The summed E-state index contributed by atoms with van der Waals surface area (Å²) in [4.78, 5) is 17.0. The standard InChI is InChI=1S/C19H23ClN4OS/c1-2-22-19(23-10-11-26-17-8-6-16(20)7-9-17)24-13-14-4-3-5-15(12-14)18(21)25/h3-9,12H,2,10-11,13H2,1H3,(H2,21,25)(H2,22,23,24). The van der Waals surface area contributed by atoms with Gasteiger partial charge in [-0.1, -0.05) is 23.7 Å². The highest BCUT2D eigenvalue weighted by Gasteiger charge is 2.02. The van der Waals surface area contributed by atoms with Crippen molar-refractivity contribution in [2.24, 2.45) is 10.7 Å². The Balaban J connectivity index is 1.85. The number of thioether (sulfide) groups is 1. The molecule has 26 heavy (non-hydrogen) atoms. The molecule has 0 fully saturated rings. The number of carbonyl (C=O) groups excluding carboxylic acids is 1. The Bertz CT molecular complexity index is 749. The van der Waals surface area contributed by atoms with E-state index in [4.69, 9.17) is 17.3 Å². The van der Waals surface area contributed by atoms with Crippen LogP contribution < -0.4 is 16.4 Å². The first-order valence-electron chi connectivity index (χ1n) is 8.37. The molecule has 0 aliphatic carbocycles. The molecular formula is C19H23ClN4OS. The van der Waals surface area contributed by atoms with Gasteiger partial charge in [0, 0.05) is 34.3 Å². The number of amides is 1. The molecule has 0 aliphatic heterocycles. The van der Waals surface area contributed by atoms with Crippen molar-refractivity contribution >= 4 is 35.2 Å². The van der Waals surface area contributed by atoms with E-state index in [-0.39, 0.29) is 0 Å². The largest absolute Gasteiger partial charge is 0.366 e.